The predicted molar refractivity (Wildman–Crippen MR) is 142 cm³/mol. The van der Waals surface area contributed by atoms with Gasteiger partial charge in [0.15, 0.2) is 5.13 Å². The summed E-state index contributed by atoms with van der Waals surface area (Å²) in [5, 5.41) is 0.553. The number of hydrogen-bond donors (Lipinski definition) is 0. The summed E-state index contributed by atoms with van der Waals surface area (Å²) in [5.41, 5.74) is 1.59. The third kappa shape index (κ3) is 5.12. The third-order valence-corrected chi connectivity index (χ3v) is 10.6. The second-order valence-corrected chi connectivity index (χ2v) is 13.3. The van der Waals surface area contributed by atoms with Crippen LogP contribution in [-0.2, 0) is 21.4 Å². The minimum Gasteiger partial charge on any atom is -0.497 e. The lowest BCUT2D eigenvalue weighted by atomic mass is 9.98. The van der Waals surface area contributed by atoms with E-state index in [0.717, 1.165) is 27.1 Å². The maximum absolute atomic E-state index is 13.9. The summed E-state index contributed by atoms with van der Waals surface area (Å²) in [6.45, 7) is 0.761. The number of amides is 1. The fourth-order valence-electron chi connectivity index (χ4n) is 4.20. The highest BCUT2D eigenvalue weighted by molar-refractivity contribution is 7.91. The van der Waals surface area contributed by atoms with Crippen LogP contribution in [0.5, 0.6) is 5.75 Å². The maximum Gasteiger partial charge on any atom is 0.252 e. The minimum absolute atomic E-state index is 0.110. The van der Waals surface area contributed by atoms with E-state index in [0.29, 0.717) is 34.6 Å². The van der Waals surface area contributed by atoms with Crippen molar-refractivity contribution < 1.29 is 17.9 Å². The Kier molecular flexibility index (Phi) is 7.27. The van der Waals surface area contributed by atoms with E-state index in [4.69, 9.17) is 21.3 Å². The Morgan fingerprint density at radius 2 is 2.11 bits per heavy atom. The lowest BCUT2D eigenvalue weighted by Gasteiger charge is -2.33. The third-order valence-electron chi connectivity index (χ3n) is 6.02. The molecule has 1 saturated heterocycles. The summed E-state index contributed by atoms with van der Waals surface area (Å²) in [4.78, 5) is 24.5. The molecule has 1 unspecified atom stereocenters. The molecule has 1 aliphatic heterocycles. The van der Waals surface area contributed by atoms with E-state index in [1.807, 2.05) is 30.3 Å². The number of thiophene rings is 1. The first kappa shape index (κ1) is 25.1. The molecule has 1 aliphatic rings. The van der Waals surface area contributed by atoms with E-state index in [9.17, 15) is 13.2 Å². The summed E-state index contributed by atoms with van der Waals surface area (Å²) in [6.07, 6.45) is 4.58. The number of hydrogen-bond acceptors (Lipinski definition) is 8. The van der Waals surface area contributed by atoms with Gasteiger partial charge in [0, 0.05) is 31.5 Å². The molecule has 0 radical (unpaired) electrons. The normalized spacial score (nSPS) is 16.8. The molecule has 12 heteroatoms. The molecule has 1 amide bonds. The van der Waals surface area contributed by atoms with E-state index in [-0.39, 0.29) is 23.2 Å². The molecule has 8 nitrogen and oxygen atoms in total. The Morgan fingerprint density at radius 3 is 2.83 bits per heavy atom. The van der Waals surface area contributed by atoms with Gasteiger partial charge in [-0.25, -0.2) is 13.4 Å². The number of rotatable bonds is 7. The van der Waals surface area contributed by atoms with Crippen molar-refractivity contribution in [1.29, 1.82) is 0 Å². The van der Waals surface area contributed by atoms with Crippen LogP contribution in [0.1, 0.15) is 18.4 Å². The van der Waals surface area contributed by atoms with Crippen LogP contribution in [0.4, 0.5) is 5.13 Å². The number of thiazole rings is 1. The van der Waals surface area contributed by atoms with Gasteiger partial charge in [-0.1, -0.05) is 29.0 Å². The zero-order valence-electron chi connectivity index (χ0n) is 19.3. The van der Waals surface area contributed by atoms with Crippen molar-refractivity contribution in [3.05, 3.63) is 64.8 Å². The van der Waals surface area contributed by atoms with E-state index in [1.54, 1.807) is 30.5 Å². The largest absolute Gasteiger partial charge is 0.497 e. The van der Waals surface area contributed by atoms with Gasteiger partial charge in [0.2, 0.25) is 5.91 Å². The van der Waals surface area contributed by atoms with Crippen molar-refractivity contribution in [1.82, 2.24) is 14.3 Å². The molecule has 1 aromatic carbocycles. The van der Waals surface area contributed by atoms with Gasteiger partial charge < -0.3 is 4.74 Å². The number of carbonyl (C=O) groups excluding carboxylic acids is 1. The van der Waals surface area contributed by atoms with E-state index in [2.05, 4.69) is 4.98 Å². The second kappa shape index (κ2) is 10.4. The van der Waals surface area contributed by atoms with Crippen LogP contribution >= 0.6 is 34.3 Å². The molecule has 0 spiro atoms. The summed E-state index contributed by atoms with van der Waals surface area (Å²) < 4.78 is 34.6. The molecule has 0 N–H and O–H groups in total. The molecule has 3 aromatic heterocycles. The highest BCUT2D eigenvalue weighted by Crippen LogP contribution is 2.35. The summed E-state index contributed by atoms with van der Waals surface area (Å²) in [6, 6.07) is 12.4. The molecule has 188 valence electrons. The second-order valence-electron chi connectivity index (χ2n) is 8.38. The number of methoxy groups -OCH3 is 1. The molecular weight excluding hydrogens is 540 g/mol. The number of anilines is 1. The molecule has 4 heterocycles. The molecule has 1 fully saturated rings. The van der Waals surface area contributed by atoms with Crippen LogP contribution in [0.2, 0.25) is 4.34 Å². The number of carbonyl (C=O) groups is 1. The Labute approximate surface area is 222 Å². The van der Waals surface area contributed by atoms with Crippen LogP contribution in [0.3, 0.4) is 0 Å². The highest BCUT2D eigenvalue weighted by atomic mass is 35.5. The number of benzene rings is 1. The Hall–Kier alpha value is -2.57. The first-order valence-electron chi connectivity index (χ1n) is 11.3. The van der Waals surface area contributed by atoms with Gasteiger partial charge in [-0.2, -0.15) is 4.31 Å². The zero-order chi connectivity index (χ0) is 25.3. The maximum atomic E-state index is 13.9. The minimum atomic E-state index is -3.73. The van der Waals surface area contributed by atoms with E-state index in [1.165, 1.54) is 21.7 Å². The van der Waals surface area contributed by atoms with Crippen molar-refractivity contribution in [3.8, 4) is 5.75 Å². The Balaban J connectivity index is 1.45. The predicted octanol–water partition coefficient (Wildman–Crippen LogP) is 5.05. The molecular formula is C24H23ClN4O4S3. The van der Waals surface area contributed by atoms with Crippen molar-refractivity contribution >= 4 is 65.6 Å². The molecule has 5 rings (SSSR count). The first-order valence-corrected chi connectivity index (χ1v) is 14.7. The number of fused-ring (bicyclic) bond motifs is 1. The van der Waals surface area contributed by atoms with Crippen molar-refractivity contribution in [2.75, 3.05) is 25.1 Å². The molecule has 36 heavy (non-hydrogen) atoms. The first-order chi connectivity index (χ1) is 17.3. The quantitative estimate of drug-likeness (QED) is 0.313. The SMILES string of the molecule is COc1ccc2sc(N(Cc3cccnc3)C(=O)C3CCCN(S(=O)(=O)c4ccc(Cl)s4)C3)nc2c1. The smallest absolute Gasteiger partial charge is 0.252 e. The summed E-state index contributed by atoms with van der Waals surface area (Å²) in [7, 11) is -2.13. The van der Waals surface area contributed by atoms with Gasteiger partial charge in [0.1, 0.15) is 9.96 Å². The zero-order valence-corrected chi connectivity index (χ0v) is 22.5. The topological polar surface area (TPSA) is 92.7 Å². The van der Waals surface area contributed by atoms with Gasteiger partial charge in [0.25, 0.3) is 10.0 Å². The number of sulfonamides is 1. The van der Waals surface area contributed by atoms with Crippen LogP contribution in [0, 0.1) is 5.92 Å². The molecule has 4 aromatic rings. The number of ether oxygens (including phenoxy) is 1. The van der Waals surface area contributed by atoms with Crippen LogP contribution in [-0.4, -0.2) is 48.8 Å². The number of halogens is 1. The molecule has 0 aliphatic carbocycles. The standard InChI is InChI=1S/C24H23ClN4O4S3/c1-33-18-6-7-20-19(12-18)27-24(34-20)29(14-16-4-2-10-26-13-16)23(30)17-5-3-11-28(15-17)36(31,32)22-9-8-21(25)35-22/h2,4,6-10,12-13,17H,3,5,11,14-15H2,1H3. The summed E-state index contributed by atoms with van der Waals surface area (Å²) >= 11 is 8.42. The molecule has 0 saturated carbocycles. The van der Waals surface area contributed by atoms with Crippen LogP contribution < -0.4 is 9.64 Å². The van der Waals surface area contributed by atoms with Crippen LogP contribution in [0.15, 0.2) is 59.1 Å². The van der Waals surface area contributed by atoms with Gasteiger partial charge in [0.05, 0.1) is 34.1 Å². The van der Waals surface area contributed by atoms with Crippen LogP contribution in [0.25, 0.3) is 10.2 Å². The Bertz CT molecular complexity index is 1490. The lowest BCUT2D eigenvalue weighted by Crippen LogP contribution is -2.46. The van der Waals surface area contributed by atoms with E-state index >= 15 is 0 Å². The van der Waals surface area contributed by atoms with Gasteiger partial charge >= 0.3 is 0 Å². The monoisotopic (exact) mass is 562 g/mol. The number of nitrogens with zero attached hydrogens (tertiary/aromatic N) is 4. The number of pyridine rings is 1. The lowest BCUT2D eigenvalue weighted by molar-refractivity contribution is -0.123. The van der Waals surface area contributed by atoms with Crippen molar-refractivity contribution in [3.63, 3.8) is 0 Å². The highest BCUT2D eigenvalue weighted by Gasteiger charge is 2.36. The number of piperidine rings is 1. The molecule has 1 atom stereocenters. The number of aromatic nitrogens is 2. The van der Waals surface area contributed by atoms with E-state index < -0.39 is 15.9 Å². The van der Waals surface area contributed by atoms with Gasteiger partial charge in [-0.3, -0.25) is 14.7 Å². The molecule has 0 bridgehead atoms. The van der Waals surface area contributed by atoms with Crippen molar-refractivity contribution in [2.24, 2.45) is 5.92 Å². The average molecular weight is 563 g/mol. The fraction of sp³-hybridized carbons (Fsp3) is 0.292. The van der Waals surface area contributed by atoms with Gasteiger partial charge in [-0.15, -0.1) is 11.3 Å². The fourth-order valence-corrected chi connectivity index (χ4v) is 8.31. The average Bonchev–Trinajstić information content (AvgIpc) is 3.53. The van der Waals surface area contributed by atoms with Gasteiger partial charge in [-0.05, 0) is 48.7 Å². The van der Waals surface area contributed by atoms with Crippen molar-refractivity contribution in [2.45, 2.75) is 23.6 Å². The Morgan fingerprint density at radius 1 is 1.25 bits per heavy atom. The summed E-state index contributed by atoms with van der Waals surface area (Å²) in [5.74, 6) is 0.0301.